The summed E-state index contributed by atoms with van der Waals surface area (Å²) >= 11 is 5.85. The van der Waals surface area contributed by atoms with Gasteiger partial charge in [0.25, 0.3) is 0 Å². The van der Waals surface area contributed by atoms with Crippen LogP contribution in [0, 0.1) is 0 Å². The third-order valence-electron chi connectivity index (χ3n) is 3.07. The van der Waals surface area contributed by atoms with E-state index in [1.807, 2.05) is 12.1 Å². The van der Waals surface area contributed by atoms with E-state index in [1.165, 1.54) is 5.56 Å². The molecule has 0 radical (unpaired) electrons. The maximum atomic E-state index is 11.7. The first-order valence-corrected chi connectivity index (χ1v) is 7.38. The number of benzene rings is 2. The van der Waals surface area contributed by atoms with E-state index in [-0.39, 0.29) is 0 Å². The summed E-state index contributed by atoms with van der Waals surface area (Å²) in [7, 11) is 0. The molecular formula is C17H18ClN3O. The summed E-state index contributed by atoms with van der Waals surface area (Å²) in [6.07, 6.45) is 1.60. The molecule has 0 aliphatic heterocycles. The van der Waals surface area contributed by atoms with E-state index in [0.29, 0.717) is 16.6 Å². The summed E-state index contributed by atoms with van der Waals surface area (Å²) in [6, 6.07) is 14.5. The van der Waals surface area contributed by atoms with Crippen molar-refractivity contribution >= 4 is 29.5 Å². The van der Waals surface area contributed by atoms with Gasteiger partial charge in [0.2, 0.25) is 0 Å². The molecular weight excluding hydrogens is 298 g/mol. The molecule has 0 aromatic heterocycles. The molecule has 0 spiro atoms. The quantitative estimate of drug-likeness (QED) is 0.628. The van der Waals surface area contributed by atoms with Crippen molar-refractivity contribution in [2.24, 2.45) is 5.10 Å². The molecule has 0 aliphatic carbocycles. The Morgan fingerprint density at radius 2 is 1.91 bits per heavy atom. The van der Waals surface area contributed by atoms with Gasteiger partial charge >= 0.3 is 6.03 Å². The van der Waals surface area contributed by atoms with Gasteiger partial charge in [0.05, 0.1) is 6.21 Å². The van der Waals surface area contributed by atoms with Crippen LogP contribution in [0.1, 0.15) is 30.9 Å². The van der Waals surface area contributed by atoms with Gasteiger partial charge in [-0.05, 0) is 35.2 Å². The van der Waals surface area contributed by atoms with Gasteiger partial charge in [-0.25, -0.2) is 10.2 Å². The molecule has 2 amide bonds. The molecule has 0 heterocycles. The number of nitrogens with zero attached hydrogens (tertiary/aromatic N) is 1. The van der Waals surface area contributed by atoms with Crippen LogP contribution in [0.2, 0.25) is 5.02 Å². The molecule has 2 aromatic carbocycles. The molecule has 5 heteroatoms. The fourth-order valence-corrected chi connectivity index (χ4v) is 2.05. The van der Waals surface area contributed by atoms with Crippen LogP contribution in [0.4, 0.5) is 10.5 Å². The minimum atomic E-state index is -0.419. The predicted octanol–water partition coefficient (Wildman–Crippen LogP) is 4.62. The molecule has 0 saturated heterocycles. The third-order valence-corrected chi connectivity index (χ3v) is 3.30. The number of hydrogen-bond donors (Lipinski definition) is 2. The van der Waals surface area contributed by atoms with Crippen molar-refractivity contribution < 1.29 is 4.79 Å². The molecule has 0 aliphatic rings. The molecule has 2 rings (SSSR count). The number of anilines is 1. The van der Waals surface area contributed by atoms with Crippen molar-refractivity contribution in [1.82, 2.24) is 5.43 Å². The Bertz CT molecular complexity index is 666. The smallest absolute Gasteiger partial charge is 0.306 e. The van der Waals surface area contributed by atoms with Gasteiger partial charge in [-0.2, -0.15) is 5.10 Å². The van der Waals surface area contributed by atoms with E-state index in [2.05, 4.69) is 41.8 Å². The number of rotatable bonds is 4. The van der Waals surface area contributed by atoms with Gasteiger partial charge in [0.1, 0.15) is 0 Å². The molecule has 4 nitrogen and oxygen atoms in total. The maximum Gasteiger partial charge on any atom is 0.339 e. The molecule has 0 saturated carbocycles. The van der Waals surface area contributed by atoms with Gasteiger partial charge in [-0.3, -0.25) is 0 Å². The first-order chi connectivity index (χ1) is 10.5. The summed E-state index contributed by atoms with van der Waals surface area (Å²) in [6.45, 7) is 4.29. The van der Waals surface area contributed by atoms with Crippen LogP contribution in [0.25, 0.3) is 0 Å². The second-order valence-corrected chi connectivity index (χ2v) is 5.59. The number of carbonyl (C=O) groups excluding carboxylic acids is 1. The van der Waals surface area contributed by atoms with E-state index in [0.717, 1.165) is 5.56 Å². The molecule has 0 bridgehead atoms. The highest BCUT2D eigenvalue weighted by atomic mass is 35.5. The highest BCUT2D eigenvalue weighted by molar-refractivity contribution is 6.30. The Morgan fingerprint density at radius 3 is 2.55 bits per heavy atom. The lowest BCUT2D eigenvalue weighted by Gasteiger charge is -2.05. The lowest BCUT2D eigenvalue weighted by molar-refractivity contribution is 0.252. The van der Waals surface area contributed by atoms with Crippen LogP contribution in [0.3, 0.4) is 0 Å². The van der Waals surface area contributed by atoms with Gasteiger partial charge < -0.3 is 5.32 Å². The van der Waals surface area contributed by atoms with E-state index in [9.17, 15) is 4.79 Å². The van der Waals surface area contributed by atoms with Crippen molar-refractivity contribution in [3.63, 3.8) is 0 Å². The highest BCUT2D eigenvalue weighted by Gasteiger charge is 2.00. The van der Waals surface area contributed by atoms with Crippen LogP contribution in [-0.4, -0.2) is 12.2 Å². The standard InChI is InChI=1S/C17H18ClN3O/c1-12(2)14-8-6-13(7-9-14)11-19-21-17(22)20-16-5-3-4-15(18)10-16/h3-12H,1-2H3,(H2,20,21,22)/b19-11-. The topological polar surface area (TPSA) is 53.5 Å². The zero-order chi connectivity index (χ0) is 15.9. The second-order valence-electron chi connectivity index (χ2n) is 5.16. The SMILES string of the molecule is CC(C)c1ccc(/C=N\NC(=O)Nc2cccc(Cl)c2)cc1. The maximum absolute atomic E-state index is 11.7. The Morgan fingerprint density at radius 1 is 1.18 bits per heavy atom. The minimum absolute atomic E-state index is 0.419. The van der Waals surface area contributed by atoms with E-state index >= 15 is 0 Å². The van der Waals surface area contributed by atoms with Crippen molar-refractivity contribution in [3.8, 4) is 0 Å². The number of hydrogen-bond acceptors (Lipinski definition) is 2. The lowest BCUT2D eigenvalue weighted by atomic mass is 10.0. The summed E-state index contributed by atoms with van der Waals surface area (Å²) in [4.78, 5) is 11.7. The lowest BCUT2D eigenvalue weighted by Crippen LogP contribution is -2.24. The summed E-state index contributed by atoms with van der Waals surface area (Å²) < 4.78 is 0. The average molecular weight is 316 g/mol. The Labute approximate surface area is 135 Å². The molecule has 0 unspecified atom stereocenters. The summed E-state index contributed by atoms with van der Waals surface area (Å²) in [5.74, 6) is 0.493. The number of urea groups is 1. The van der Waals surface area contributed by atoms with Gasteiger partial charge in [0.15, 0.2) is 0 Å². The van der Waals surface area contributed by atoms with Gasteiger partial charge in [-0.1, -0.05) is 55.8 Å². The molecule has 2 aromatic rings. The van der Waals surface area contributed by atoms with Crippen molar-refractivity contribution in [1.29, 1.82) is 0 Å². The van der Waals surface area contributed by atoms with Crippen LogP contribution >= 0.6 is 11.6 Å². The third kappa shape index (κ3) is 4.90. The monoisotopic (exact) mass is 315 g/mol. The number of amides is 2. The van der Waals surface area contributed by atoms with Gasteiger partial charge in [-0.15, -0.1) is 0 Å². The number of halogens is 1. The molecule has 0 fully saturated rings. The Balaban J connectivity index is 1.87. The normalized spacial score (nSPS) is 10.9. The predicted molar refractivity (Wildman–Crippen MR) is 91.7 cm³/mol. The fraction of sp³-hybridized carbons (Fsp3) is 0.176. The number of nitrogens with one attached hydrogen (secondary N) is 2. The number of hydrazone groups is 1. The zero-order valence-electron chi connectivity index (χ0n) is 12.5. The molecule has 2 N–H and O–H groups in total. The minimum Gasteiger partial charge on any atom is -0.306 e. The largest absolute Gasteiger partial charge is 0.339 e. The van der Waals surface area contributed by atoms with E-state index in [4.69, 9.17) is 11.6 Å². The van der Waals surface area contributed by atoms with E-state index in [1.54, 1.807) is 30.5 Å². The van der Waals surface area contributed by atoms with E-state index < -0.39 is 6.03 Å². The zero-order valence-corrected chi connectivity index (χ0v) is 13.3. The fourth-order valence-electron chi connectivity index (χ4n) is 1.86. The first-order valence-electron chi connectivity index (χ1n) is 7.00. The molecule has 22 heavy (non-hydrogen) atoms. The van der Waals surface area contributed by atoms with Crippen LogP contribution in [0.15, 0.2) is 53.6 Å². The average Bonchev–Trinajstić information content (AvgIpc) is 2.47. The summed E-state index contributed by atoms with van der Waals surface area (Å²) in [5.41, 5.74) is 5.22. The van der Waals surface area contributed by atoms with Crippen molar-refractivity contribution in [2.45, 2.75) is 19.8 Å². The first kappa shape index (κ1) is 16.0. The van der Waals surface area contributed by atoms with Gasteiger partial charge in [0, 0.05) is 10.7 Å². The van der Waals surface area contributed by atoms with Crippen LogP contribution in [0.5, 0.6) is 0 Å². The van der Waals surface area contributed by atoms with Crippen molar-refractivity contribution in [2.75, 3.05) is 5.32 Å². The molecule has 114 valence electrons. The van der Waals surface area contributed by atoms with Crippen molar-refractivity contribution in [3.05, 3.63) is 64.7 Å². The van der Waals surface area contributed by atoms with Crippen LogP contribution in [-0.2, 0) is 0 Å². The second kappa shape index (κ2) is 7.61. The van der Waals surface area contributed by atoms with Crippen LogP contribution < -0.4 is 10.7 Å². The molecule has 0 atom stereocenters. The summed E-state index contributed by atoms with van der Waals surface area (Å²) in [5, 5.41) is 7.12. The number of carbonyl (C=O) groups is 1. The highest BCUT2D eigenvalue weighted by Crippen LogP contribution is 2.15. The Hall–Kier alpha value is -2.33. The Kier molecular flexibility index (Phi) is 5.55.